The molecule has 4 rings (SSSR count). The smallest absolute Gasteiger partial charge is 0.310 e. The Labute approximate surface area is 137 Å². The summed E-state index contributed by atoms with van der Waals surface area (Å²) in [7, 11) is 0. The van der Waals surface area contributed by atoms with E-state index >= 15 is 0 Å². The first-order chi connectivity index (χ1) is 10.6. The van der Waals surface area contributed by atoms with Crippen molar-refractivity contribution in [3.05, 3.63) is 29.8 Å². The third-order valence-electron chi connectivity index (χ3n) is 5.48. The molecule has 3 aliphatic rings. The number of amides is 1. The average Bonchev–Trinajstić information content (AvgIpc) is 3.12. The van der Waals surface area contributed by atoms with Crippen molar-refractivity contribution in [3.8, 4) is 0 Å². The highest BCUT2D eigenvalue weighted by Crippen LogP contribution is 2.60. The van der Waals surface area contributed by atoms with E-state index in [0.717, 1.165) is 24.1 Å². The highest BCUT2D eigenvalue weighted by molar-refractivity contribution is 9.09. The van der Waals surface area contributed by atoms with Crippen LogP contribution in [-0.4, -0.2) is 22.8 Å². The Bertz CT molecular complexity index is 647. The predicted octanol–water partition coefficient (Wildman–Crippen LogP) is 2.76. The monoisotopic (exact) mass is 363 g/mol. The zero-order chi connectivity index (χ0) is 15.4. The molecule has 0 unspecified atom stereocenters. The molecule has 1 aromatic rings. The van der Waals surface area contributed by atoms with Crippen LogP contribution in [0, 0.1) is 23.7 Å². The van der Waals surface area contributed by atoms with Gasteiger partial charge in [0, 0.05) is 11.6 Å². The molecular weight excluding hydrogens is 346 g/mol. The van der Waals surface area contributed by atoms with Gasteiger partial charge in [0.2, 0.25) is 5.91 Å². The first-order valence-electron chi connectivity index (χ1n) is 7.85. The summed E-state index contributed by atoms with van der Waals surface area (Å²) in [5.74, 6) is -0.356. The summed E-state index contributed by atoms with van der Waals surface area (Å²) in [6.07, 6.45) is 1.74. The Morgan fingerprint density at radius 1 is 1.36 bits per heavy atom. The van der Waals surface area contributed by atoms with Crippen molar-refractivity contribution in [2.75, 3.05) is 5.32 Å². The largest absolute Gasteiger partial charge is 0.461 e. The molecule has 0 aromatic heterocycles. The Morgan fingerprint density at radius 2 is 2.14 bits per heavy atom. The van der Waals surface area contributed by atoms with E-state index < -0.39 is 0 Å². The van der Waals surface area contributed by atoms with Crippen LogP contribution in [0.2, 0.25) is 0 Å². The van der Waals surface area contributed by atoms with Crippen molar-refractivity contribution >= 4 is 33.5 Å². The van der Waals surface area contributed by atoms with Gasteiger partial charge in [0.25, 0.3) is 0 Å². The number of halogens is 1. The number of alkyl halides is 1. The molecule has 6 atom stereocenters. The van der Waals surface area contributed by atoms with Crippen molar-refractivity contribution < 1.29 is 14.3 Å². The lowest BCUT2D eigenvalue weighted by atomic mass is 9.79. The molecule has 116 valence electrons. The summed E-state index contributed by atoms with van der Waals surface area (Å²) < 4.78 is 5.46. The zero-order valence-corrected chi connectivity index (χ0v) is 13.9. The van der Waals surface area contributed by atoms with Gasteiger partial charge < -0.3 is 10.1 Å². The van der Waals surface area contributed by atoms with Gasteiger partial charge in [-0.25, -0.2) is 0 Å². The lowest BCUT2D eigenvalue weighted by Crippen LogP contribution is -2.40. The molecule has 22 heavy (non-hydrogen) atoms. The molecule has 2 saturated carbocycles. The first kappa shape index (κ1) is 14.2. The average molecular weight is 364 g/mol. The summed E-state index contributed by atoms with van der Waals surface area (Å²) in [5, 5.41) is 3.04. The van der Waals surface area contributed by atoms with Crippen LogP contribution in [0.1, 0.15) is 18.9 Å². The minimum Gasteiger partial charge on any atom is -0.461 e. The predicted molar refractivity (Wildman–Crippen MR) is 85.6 cm³/mol. The highest BCUT2D eigenvalue weighted by Gasteiger charge is 2.67. The summed E-state index contributed by atoms with van der Waals surface area (Å²) in [6, 6.07) is 7.83. The molecule has 1 N–H and O–H groups in total. The number of rotatable bonds is 3. The van der Waals surface area contributed by atoms with E-state index in [1.807, 2.05) is 24.3 Å². The van der Waals surface area contributed by atoms with E-state index in [9.17, 15) is 9.59 Å². The van der Waals surface area contributed by atoms with E-state index in [4.69, 9.17) is 4.74 Å². The number of benzene rings is 1. The van der Waals surface area contributed by atoms with E-state index in [0.29, 0.717) is 0 Å². The number of carbonyl (C=O) groups excluding carboxylic acids is 2. The van der Waals surface area contributed by atoms with Gasteiger partial charge in [-0.3, -0.25) is 9.59 Å². The van der Waals surface area contributed by atoms with Gasteiger partial charge in [-0.1, -0.05) is 41.1 Å². The Kier molecular flexibility index (Phi) is 3.29. The molecule has 1 saturated heterocycles. The molecule has 0 radical (unpaired) electrons. The fourth-order valence-electron chi connectivity index (χ4n) is 4.50. The van der Waals surface area contributed by atoms with Crippen LogP contribution in [-0.2, 0) is 20.7 Å². The molecule has 2 bridgehead atoms. The molecule has 3 fully saturated rings. The van der Waals surface area contributed by atoms with Crippen LogP contribution in [0.4, 0.5) is 5.69 Å². The summed E-state index contributed by atoms with van der Waals surface area (Å²) in [5.41, 5.74) is 1.97. The molecule has 4 nitrogen and oxygen atoms in total. The fourth-order valence-corrected chi connectivity index (χ4v) is 5.54. The number of para-hydroxylation sites is 1. The number of hydrogen-bond acceptors (Lipinski definition) is 3. The summed E-state index contributed by atoms with van der Waals surface area (Å²) in [6.45, 7) is 2.07. The Hall–Kier alpha value is -1.36. The normalized spacial score (nSPS) is 38.2. The van der Waals surface area contributed by atoms with E-state index in [2.05, 4.69) is 28.2 Å². The van der Waals surface area contributed by atoms with Gasteiger partial charge in [0.05, 0.1) is 16.7 Å². The summed E-state index contributed by atoms with van der Waals surface area (Å²) in [4.78, 5) is 25.0. The number of hydrogen-bond donors (Lipinski definition) is 1. The summed E-state index contributed by atoms with van der Waals surface area (Å²) >= 11 is 3.64. The lowest BCUT2D eigenvalue weighted by molar-refractivity contribution is -0.145. The third-order valence-corrected chi connectivity index (χ3v) is 6.68. The first-order valence-corrected chi connectivity index (χ1v) is 8.76. The molecule has 0 spiro atoms. The van der Waals surface area contributed by atoms with Crippen molar-refractivity contribution in [2.45, 2.75) is 30.7 Å². The zero-order valence-electron chi connectivity index (χ0n) is 12.3. The molecule has 1 heterocycles. The van der Waals surface area contributed by atoms with Crippen LogP contribution in [0.15, 0.2) is 24.3 Å². The topological polar surface area (TPSA) is 55.4 Å². The molecule has 1 amide bonds. The van der Waals surface area contributed by atoms with Crippen LogP contribution < -0.4 is 5.32 Å². The molecule has 1 aliphatic heterocycles. The SMILES string of the molecule is CCc1ccccc1NC(=O)[C@@H]1[C@H]2C[C@H]3[C@H](OC(=O)[C@H]31)[C@@H]2Br. The standard InChI is InChI=1S/C17H18BrNO3/c1-2-8-5-3-4-6-11(8)19-16(20)12-9-7-10-13(12)17(21)22-15(10)14(9)18/h3-6,9-10,12-15H,2,7H2,1H3,(H,19,20)/t9-,10-,12-,13-,14-,15+/m1/s1. The van der Waals surface area contributed by atoms with Crippen LogP contribution >= 0.6 is 15.9 Å². The number of fused-ring (bicyclic) bond motifs is 1. The molecular formula is C17H18BrNO3. The third kappa shape index (κ3) is 1.87. The number of aryl methyl sites for hydroxylation is 1. The van der Waals surface area contributed by atoms with Crippen molar-refractivity contribution in [3.63, 3.8) is 0 Å². The number of nitrogens with one attached hydrogen (secondary N) is 1. The number of anilines is 1. The minimum atomic E-state index is -0.273. The minimum absolute atomic E-state index is 0.0329. The maximum absolute atomic E-state index is 12.8. The fraction of sp³-hybridized carbons (Fsp3) is 0.529. The van der Waals surface area contributed by atoms with Crippen molar-refractivity contribution in [1.82, 2.24) is 0 Å². The van der Waals surface area contributed by atoms with Gasteiger partial charge >= 0.3 is 5.97 Å². The number of esters is 1. The second-order valence-electron chi connectivity index (χ2n) is 6.46. The van der Waals surface area contributed by atoms with E-state index in [1.165, 1.54) is 0 Å². The number of carbonyl (C=O) groups is 2. The maximum Gasteiger partial charge on any atom is 0.310 e. The van der Waals surface area contributed by atoms with E-state index in [-0.39, 0.29) is 46.5 Å². The molecule has 5 heteroatoms. The van der Waals surface area contributed by atoms with Crippen LogP contribution in [0.5, 0.6) is 0 Å². The van der Waals surface area contributed by atoms with Crippen LogP contribution in [0.3, 0.4) is 0 Å². The highest BCUT2D eigenvalue weighted by atomic mass is 79.9. The second kappa shape index (κ2) is 5.08. The van der Waals surface area contributed by atoms with Gasteiger partial charge in [0.15, 0.2) is 0 Å². The lowest BCUT2D eigenvalue weighted by Gasteiger charge is -2.27. The Balaban J connectivity index is 1.60. The number of ether oxygens (including phenoxy) is 1. The molecule has 1 aromatic carbocycles. The Morgan fingerprint density at radius 3 is 2.91 bits per heavy atom. The second-order valence-corrected chi connectivity index (χ2v) is 7.52. The van der Waals surface area contributed by atoms with Gasteiger partial charge in [-0.05, 0) is 30.4 Å². The van der Waals surface area contributed by atoms with Gasteiger partial charge in [-0.15, -0.1) is 0 Å². The van der Waals surface area contributed by atoms with Gasteiger partial charge in [0.1, 0.15) is 6.10 Å². The van der Waals surface area contributed by atoms with Crippen LogP contribution in [0.25, 0.3) is 0 Å². The van der Waals surface area contributed by atoms with E-state index in [1.54, 1.807) is 0 Å². The quantitative estimate of drug-likeness (QED) is 0.663. The maximum atomic E-state index is 12.8. The van der Waals surface area contributed by atoms with Crippen molar-refractivity contribution in [1.29, 1.82) is 0 Å². The van der Waals surface area contributed by atoms with Gasteiger partial charge in [-0.2, -0.15) is 0 Å². The van der Waals surface area contributed by atoms with Crippen molar-refractivity contribution in [2.24, 2.45) is 23.7 Å². The molecule has 2 aliphatic carbocycles.